The van der Waals surface area contributed by atoms with Gasteiger partial charge in [-0.25, -0.2) is 8.78 Å². The summed E-state index contributed by atoms with van der Waals surface area (Å²) in [6.45, 7) is 1.78. The number of nitrogen functional groups attached to an aromatic ring is 1. The topological polar surface area (TPSA) is 55.1 Å². The molecule has 98 valence electrons. The average molecular weight is 262 g/mol. The Morgan fingerprint density at radius 3 is 2.53 bits per heavy atom. The SMILES string of the molecule is Cc1ccccc1C(=O)Nc1ccc(F)c(F)c1N. The molecule has 0 aromatic heterocycles. The van der Waals surface area contributed by atoms with Gasteiger partial charge in [0.1, 0.15) is 0 Å². The second-order valence-electron chi connectivity index (χ2n) is 4.09. The number of aryl methyl sites for hydroxylation is 1. The van der Waals surface area contributed by atoms with Crippen LogP contribution in [0.3, 0.4) is 0 Å². The molecule has 0 aliphatic rings. The molecule has 0 atom stereocenters. The van der Waals surface area contributed by atoms with Crippen molar-refractivity contribution in [1.82, 2.24) is 0 Å². The number of benzene rings is 2. The first kappa shape index (κ1) is 13.0. The summed E-state index contributed by atoms with van der Waals surface area (Å²) in [4.78, 5) is 12.0. The van der Waals surface area contributed by atoms with Gasteiger partial charge >= 0.3 is 0 Å². The van der Waals surface area contributed by atoms with Gasteiger partial charge in [-0.15, -0.1) is 0 Å². The number of rotatable bonds is 2. The first-order valence-electron chi connectivity index (χ1n) is 5.61. The Hall–Kier alpha value is -2.43. The number of nitrogens with two attached hydrogens (primary N) is 1. The molecular weight excluding hydrogens is 250 g/mol. The average Bonchev–Trinajstić information content (AvgIpc) is 2.40. The van der Waals surface area contributed by atoms with Gasteiger partial charge in [-0.05, 0) is 30.7 Å². The molecule has 0 heterocycles. The zero-order valence-corrected chi connectivity index (χ0v) is 10.2. The van der Waals surface area contributed by atoms with Crippen LogP contribution in [-0.4, -0.2) is 5.91 Å². The first-order valence-corrected chi connectivity index (χ1v) is 5.61. The molecule has 0 aliphatic carbocycles. The Labute approximate surface area is 109 Å². The highest BCUT2D eigenvalue weighted by atomic mass is 19.2. The van der Waals surface area contributed by atoms with Crippen LogP contribution in [0.4, 0.5) is 20.2 Å². The van der Waals surface area contributed by atoms with E-state index in [1.54, 1.807) is 31.2 Å². The van der Waals surface area contributed by atoms with Gasteiger partial charge in [0.05, 0.1) is 11.4 Å². The third-order valence-corrected chi connectivity index (χ3v) is 2.77. The summed E-state index contributed by atoms with van der Waals surface area (Å²) < 4.78 is 26.2. The monoisotopic (exact) mass is 262 g/mol. The minimum Gasteiger partial charge on any atom is -0.395 e. The van der Waals surface area contributed by atoms with Crippen LogP contribution in [0.2, 0.25) is 0 Å². The van der Waals surface area contributed by atoms with Crippen molar-refractivity contribution >= 4 is 17.3 Å². The summed E-state index contributed by atoms with van der Waals surface area (Å²) in [5, 5.41) is 2.46. The quantitative estimate of drug-likeness (QED) is 0.817. The fourth-order valence-corrected chi connectivity index (χ4v) is 1.69. The van der Waals surface area contributed by atoms with Crippen molar-refractivity contribution in [2.45, 2.75) is 6.92 Å². The molecule has 0 unspecified atom stereocenters. The zero-order valence-electron chi connectivity index (χ0n) is 10.2. The molecule has 3 nitrogen and oxygen atoms in total. The lowest BCUT2D eigenvalue weighted by atomic mass is 10.1. The van der Waals surface area contributed by atoms with Crippen LogP contribution >= 0.6 is 0 Å². The van der Waals surface area contributed by atoms with E-state index in [0.29, 0.717) is 5.56 Å². The lowest BCUT2D eigenvalue weighted by Gasteiger charge is -2.10. The van der Waals surface area contributed by atoms with Crippen LogP contribution in [-0.2, 0) is 0 Å². The van der Waals surface area contributed by atoms with Gasteiger partial charge in [-0.2, -0.15) is 0 Å². The molecule has 3 N–H and O–H groups in total. The molecule has 0 saturated heterocycles. The van der Waals surface area contributed by atoms with Crippen molar-refractivity contribution in [2.75, 3.05) is 11.1 Å². The van der Waals surface area contributed by atoms with E-state index in [0.717, 1.165) is 11.6 Å². The Balaban J connectivity index is 2.30. The molecular formula is C14H12F2N2O. The predicted octanol–water partition coefficient (Wildman–Crippen LogP) is 3.11. The number of hydrogen-bond acceptors (Lipinski definition) is 2. The smallest absolute Gasteiger partial charge is 0.255 e. The third-order valence-electron chi connectivity index (χ3n) is 2.77. The van der Waals surface area contributed by atoms with Crippen molar-refractivity contribution in [1.29, 1.82) is 0 Å². The van der Waals surface area contributed by atoms with Gasteiger partial charge in [0, 0.05) is 5.56 Å². The van der Waals surface area contributed by atoms with Crippen LogP contribution in [0.25, 0.3) is 0 Å². The standard InChI is InChI=1S/C14H12F2N2O/c1-8-4-2-3-5-9(8)14(19)18-11-7-6-10(15)12(16)13(11)17/h2-7H,17H2,1H3,(H,18,19). The van der Waals surface area contributed by atoms with E-state index in [2.05, 4.69) is 5.32 Å². The molecule has 2 aromatic rings. The minimum absolute atomic E-state index is 0.0483. The maximum absolute atomic E-state index is 13.3. The maximum Gasteiger partial charge on any atom is 0.255 e. The summed E-state index contributed by atoms with van der Waals surface area (Å²) in [6.07, 6.45) is 0. The lowest BCUT2D eigenvalue weighted by Crippen LogP contribution is -2.15. The van der Waals surface area contributed by atoms with E-state index in [1.807, 2.05) is 0 Å². The number of amides is 1. The second-order valence-corrected chi connectivity index (χ2v) is 4.09. The van der Waals surface area contributed by atoms with Gasteiger partial charge in [0.25, 0.3) is 5.91 Å². The van der Waals surface area contributed by atoms with E-state index < -0.39 is 23.2 Å². The number of halogens is 2. The zero-order chi connectivity index (χ0) is 14.0. The Morgan fingerprint density at radius 1 is 1.16 bits per heavy atom. The van der Waals surface area contributed by atoms with E-state index >= 15 is 0 Å². The van der Waals surface area contributed by atoms with Gasteiger partial charge in [-0.3, -0.25) is 4.79 Å². The maximum atomic E-state index is 13.3. The van der Waals surface area contributed by atoms with Crippen LogP contribution in [0.1, 0.15) is 15.9 Å². The number of carbonyl (C=O) groups excluding carboxylic acids is 1. The highest BCUT2D eigenvalue weighted by molar-refractivity contribution is 6.06. The Bertz CT molecular complexity index is 641. The van der Waals surface area contributed by atoms with Crippen molar-refractivity contribution in [3.8, 4) is 0 Å². The number of hydrogen-bond donors (Lipinski definition) is 2. The van der Waals surface area contributed by atoms with Crippen molar-refractivity contribution in [3.63, 3.8) is 0 Å². The largest absolute Gasteiger partial charge is 0.395 e. The van der Waals surface area contributed by atoms with Crippen LogP contribution in [0.15, 0.2) is 36.4 Å². The fourth-order valence-electron chi connectivity index (χ4n) is 1.69. The molecule has 0 radical (unpaired) electrons. The summed E-state index contributed by atoms with van der Waals surface area (Å²) >= 11 is 0. The van der Waals surface area contributed by atoms with Gasteiger partial charge in [-0.1, -0.05) is 18.2 Å². The molecule has 0 aliphatic heterocycles. The highest BCUT2D eigenvalue weighted by Gasteiger charge is 2.14. The normalized spacial score (nSPS) is 10.3. The van der Waals surface area contributed by atoms with E-state index in [9.17, 15) is 13.6 Å². The Morgan fingerprint density at radius 2 is 1.84 bits per heavy atom. The van der Waals surface area contributed by atoms with E-state index in [4.69, 9.17) is 5.73 Å². The first-order chi connectivity index (χ1) is 9.00. The molecule has 1 amide bonds. The van der Waals surface area contributed by atoms with Gasteiger partial charge < -0.3 is 11.1 Å². The minimum atomic E-state index is -1.16. The highest BCUT2D eigenvalue weighted by Crippen LogP contribution is 2.24. The van der Waals surface area contributed by atoms with Crippen LogP contribution in [0, 0.1) is 18.6 Å². The number of carbonyl (C=O) groups is 1. The molecule has 0 spiro atoms. The van der Waals surface area contributed by atoms with Crippen molar-refractivity contribution in [3.05, 3.63) is 59.2 Å². The molecule has 0 bridgehead atoms. The van der Waals surface area contributed by atoms with E-state index in [-0.39, 0.29) is 5.69 Å². The molecule has 0 saturated carbocycles. The summed E-state index contributed by atoms with van der Waals surface area (Å²) in [7, 11) is 0. The summed E-state index contributed by atoms with van der Waals surface area (Å²) in [5.41, 5.74) is 6.28. The third kappa shape index (κ3) is 2.54. The number of nitrogens with one attached hydrogen (secondary N) is 1. The van der Waals surface area contributed by atoms with Crippen LogP contribution < -0.4 is 11.1 Å². The van der Waals surface area contributed by atoms with Gasteiger partial charge in [0.15, 0.2) is 11.6 Å². The van der Waals surface area contributed by atoms with Crippen molar-refractivity contribution < 1.29 is 13.6 Å². The molecule has 19 heavy (non-hydrogen) atoms. The molecule has 2 rings (SSSR count). The fraction of sp³-hybridized carbons (Fsp3) is 0.0714. The second kappa shape index (κ2) is 5.06. The molecule has 0 fully saturated rings. The number of anilines is 2. The van der Waals surface area contributed by atoms with Crippen molar-refractivity contribution in [2.24, 2.45) is 0 Å². The summed E-state index contributed by atoms with van der Waals surface area (Å²) in [5.74, 6) is -2.63. The predicted molar refractivity (Wildman–Crippen MR) is 69.9 cm³/mol. The van der Waals surface area contributed by atoms with E-state index in [1.165, 1.54) is 6.07 Å². The summed E-state index contributed by atoms with van der Waals surface area (Å²) in [6, 6.07) is 9.09. The molecule has 5 heteroatoms. The lowest BCUT2D eigenvalue weighted by molar-refractivity contribution is 0.102. The Kier molecular flexibility index (Phi) is 3.46. The van der Waals surface area contributed by atoms with Crippen LogP contribution in [0.5, 0.6) is 0 Å². The molecule has 2 aromatic carbocycles. The van der Waals surface area contributed by atoms with Gasteiger partial charge in [0.2, 0.25) is 0 Å².